The molecule has 0 aliphatic carbocycles. The lowest BCUT2D eigenvalue weighted by Crippen LogP contribution is -1.90. The van der Waals surface area contributed by atoms with Crippen molar-refractivity contribution in [3.63, 3.8) is 0 Å². The van der Waals surface area contributed by atoms with E-state index in [4.69, 9.17) is 11.6 Å². The van der Waals surface area contributed by atoms with Crippen LogP contribution < -0.4 is 0 Å². The van der Waals surface area contributed by atoms with Crippen LogP contribution >= 0.6 is 11.6 Å². The van der Waals surface area contributed by atoms with Crippen molar-refractivity contribution in [2.24, 2.45) is 7.05 Å². The number of rotatable bonds is 1. The van der Waals surface area contributed by atoms with Gasteiger partial charge in [-0.2, -0.15) is 0 Å². The van der Waals surface area contributed by atoms with E-state index in [0.29, 0.717) is 0 Å². The summed E-state index contributed by atoms with van der Waals surface area (Å²) in [5, 5.41) is 1.93. The van der Waals surface area contributed by atoms with Crippen molar-refractivity contribution in [2.75, 3.05) is 0 Å². The highest BCUT2D eigenvalue weighted by Crippen LogP contribution is 2.28. The van der Waals surface area contributed by atoms with Gasteiger partial charge in [0.15, 0.2) is 0 Å². The zero-order chi connectivity index (χ0) is 11.8. The minimum Gasteiger partial charge on any atom is -0.344 e. The van der Waals surface area contributed by atoms with Gasteiger partial charge in [-0.3, -0.25) is 4.98 Å². The molecule has 84 valence electrons. The second kappa shape index (κ2) is 3.90. The molecule has 2 heterocycles. The minimum absolute atomic E-state index is 0.768. The molecule has 2 nitrogen and oxygen atoms in total. The molecule has 3 rings (SSSR count). The zero-order valence-corrected chi connectivity index (χ0v) is 10.1. The molecule has 0 radical (unpaired) electrons. The van der Waals surface area contributed by atoms with Gasteiger partial charge in [-0.05, 0) is 36.4 Å². The number of hydrogen-bond acceptors (Lipinski definition) is 1. The Labute approximate surface area is 104 Å². The van der Waals surface area contributed by atoms with Crippen LogP contribution in [0.1, 0.15) is 0 Å². The summed E-state index contributed by atoms with van der Waals surface area (Å²) in [6, 6.07) is 12.1. The van der Waals surface area contributed by atoms with Crippen LogP contribution in [0.15, 0.2) is 48.8 Å². The summed E-state index contributed by atoms with van der Waals surface area (Å²) in [7, 11) is 2.06. The SMILES string of the molecule is Cn1c(-c2ccncc2)cc2cc(Cl)ccc21. The first-order valence-electron chi connectivity index (χ1n) is 5.41. The lowest BCUT2D eigenvalue weighted by molar-refractivity contribution is 0.977. The molecule has 0 atom stereocenters. The molecule has 0 aliphatic heterocycles. The van der Waals surface area contributed by atoms with Crippen molar-refractivity contribution in [3.05, 3.63) is 53.8 Å². The second-order valence-electron chi connectivity index (χ2n) is 4.03. The van der Waals surface area contributed by atoms with Crippen molar-refractivity contribution in [3.8, 4) is 11.3 Å². The molecule has 0 amide bonds. The van der Waals surface area contributed by atoms with E-state index >= 15 is 0 Å². The van der Waals surface area contributed by atoms with Crippen molar-refractivity contribution in [1.29, 1.82) is 0 Å². The van der Waals surface area contributed by atoms with E-state index in [9.17, 15) is 0 Å². The van der Waals surface area contributed by atoms with Gasteiger partial charge in [0.05, 0.1) is 0 Å². The first-order valence-corrected chi connectivity index (χ1v) is 5.79. The van der Waals surface area contributed by atoms with Crippen LogP contribution in [-0.4, -0.2) is 9.55 Å². The summed E-state index contributed by atoms with van der Waals surface area (Å²) < 4.78 is 2.17. The molecule has 0 unspecified atom stereocenters. The molecule has 0 aliphatic rings. The largest absolute Gasteiger partial charge is 0.344 e. The molecule has 0 bridgehead atoms. The number of pyridine rings is 1. The Hall–Kier alpha value is -1.80. The lowest BCUT2D eigenvalue weighted by atomic mass is 10.2. The Morgan fingerprint density at radius 3 is 2.59 bits per heavy atom. The van der Waals surface area contributed by atoms with Gasteiger partial charge in [-0.1, -0.05) is 11.6 Å². The topological polar surface area (TPSA) is 17.8 Å². The maximum atomic E-state index is 6.01. The van der Waals surface area contributed by atoms with Gasteiger partial charge in [-0.15, -0.1) is 0 Å². The maximum absolute atomic E-state index is 6.01. The molecular formula is C14H11ClN2. The molecule has 0 N–H and O–H groups in total. The molecule has 2 aromatic heterocycles. The number of aryl methyl sites for hydroxylation is 1. The molecule has 1 aromatic carbocycles. The van der Waals surface area contributed by atoms with Crippen LogP contribution in [0.5, 0.6) is 0 Å². The van der Waals surface area contributed by atoms with Gasteiger partial charge in [0.2, 0.25) is 0 Å². The van der Waals surface area contributed by atoms with Gasteiger partial charge in [0, 0.05) is 46.6 Å². The molecule has 17 heavy (non-hydrogen) atoms. The fourth-order valence-corrected chi connectivity index (χ4v) is 2.30. The standard InChI is InChI=1S/C14H11ClN2/c1-17-13-3-2-12(15)8-11(13)9-14(17)10-4-6-16-7-5-10/h2-9H,1H3. The molecule has 0 fully saturated rings. The smallest absolute Gasteiger partial charge is 0.0489 e. The zero-order valence-electron chi connectivity index (χ0n) is 9.39. The van der Waals surface area contributed by atoms with Crippen molar-refractivity contribution < 1.29 is 0 Å². The number of fused-ring (bicyclic) bond motifs is 1. The average Bonchev–Trinajstić information content (AvgIpc) is 2.67. The maximum Gasteiger partial charge on any atom is 0.0489 e. The highest BCUT2D eigenvalue weighted by Gasteiger charge is 2.07. The summed E-state index contributed by atoms with van der Waals surface area (Å²) in [5.41, 5.74) is 3.51. The summed E-state index contributed by atoms with van der Waals surface area (Å²) in [5.74, 6) is 0. The first kappa shape index (κ1) is 10.4. The Balaban J connectivity index is 2.28. The Morgan fingerprint density at radius 2 is 1.82 bits per heavy atom. The van der Waals surface area contributed by atoms with Gasteiger partial charge < -0.3 is 4.57 Å². The third-order valence-corrected chi connectivity index (χ3v) is 3.22. The van der Waals surface area contributed by atoms with Crippen molar-refractivity contribution in [2.45, 2.75) is 0 Å². The van der Waals surface area contributed by atoms with Crippen molar-refractivity contribution >= 4 is 22.5 Å². The van der Waals surface area contributed by atoms with Crippen molar-refractivity contribution in [1.82, 2.24) is 9.55 Å². The Kier molecular flexibility index (Phi) is 2.37. The fraction of sp³-hybridized carbons (Fsp3) is 0.0714. The van der Waals surface area contributed by atoms with E-state index < -0.39 is 0 Å². The van der Waals surface area contributed by atoms with E-state index in [0.717, 1.165) is 16.0 Å². The number of hydrogen-bond donors (Lipinski definition) is 0. The number of halogens is 1. The fourth-order valence-electron chi connectivity index (χ4n) is 2.12. The quantitative estimate of drug-likeness (QED) is 0.633. The van der Waals surface area contributed by atoms with E-state index in [-0.39, 0.29) is 0 Å². The molecule has 0 spiro atoms. The molecule has 3 aromatic rings. The molecular weight excluding hydrogens is 232 g/mol. The summed E-state index contributed by atoms with van der Waals surface area (Å²) in [6.45, 7) is 0. The number of nitrogens with zero attached hydrogens (tertiary/aromatic N) is 2. The first-order chi connectivity index (χ1) is 8.25. The third kappa shape index (κ3) is 1.71. The van der Waals surface area contributed by atoms with Crippen LogP contribution in [0.4, 0.5) is 0 Å². The van der Waals surface area contributed by atoms with E-state index in [1.54, 1.807) is 12.4 Å². The van der Waals surface area contributed by atoms with Gasteiger partial charge in [0.25, 0.3) is 0 Å². The Bertz CT molecular complexity index is 671. The molecule has 0 saturated carbocycles. The van der Waals surface area contributed by atoms with Crippen LogP contribution in [0.2, 0.25) is 5.02 Å². The molecule has 0 saturated heterocycles. The average molecular weight is 243 g/mol. The van der Waals surface area contributed by atoms with Gasteiger partial charge in [-0.25, -0.2) is 0 Å². The molecule has 3 heteroatoms. The minimum atomic E-state index is 0.768. The summed E-state index contributed by atoms with van der Waals surface area (Å²) in [4.78, 5) is 4.04. The predicted molar refractivity (Wildman–Crippen MR) is 71.2 cm³/mol. The van der Waals surface area contributed by atoms with E-state index in [2.05, 4.69) is 22.7 Å². The summed E-state index contributed by atoms with van der Waals surface area (Å²) >= 11 is 6.01. The normalized spacial score (nSPS) is 10.9. The van der Waals surface area contributed by atoms with Crippen LogP contribution in [0.3, 0.4) is 0 Å². The number of aromatic nitrogens is 2. The third-order valence-electron chi connectivity index (χ3n) is 2.98. The predicted octanol–water partition coefficient (Wildman–Crippen LogP) is 3.89. The number of benzene rings is 1. The van der Waals surface area contributed by atoms with E-state index in [1.165, 1.54) is 11.2 Å². The van der Waals surface area contributed by atoms with Crippen LogP contribution in [0, 0.1) is 0 Å². The van der Waals surface area contributed by atoms with Crippen LogP contribution in [-0.2, 0) is 7.05 Å². The van der Waals surface area contributed by atoms with Gasteiger partial charge in [0.1, 0.15) is 0 Å². The highest BCUT2D eigenvalue weighted by molar-refractivity contribution is 6.31. The monoisotopic (exact) mass is 242 g/mol. The second-order valence-corrected chi connectivity index (χ2v) is 4.46. The van der Waals surface area contributed by atoms with Crippen LogP contribution in [0.25, 0.3) is 22.2 Å². The Morgan fingerprint density at radius 1 is 1.06 bits per heavy atom. The summed E-state index contributed by atoms with van der Waals surface area (Å²) in [6.07, 6.45) is 3.61. The lowest BCUT2D eigenvalue weighted by Gasteiger charge is -2.03. The van der Waals surface area contributed by atoms with E-state index in [1.807, 2.05) is 30.3 Å². The highest BCUT2D eigenvalue weighted by atomic mass is 35.5. The van der Waals surface area contributed by atoms with Gasteiger partial charge >= 0.3 is 0 Å².